The summed E-state index contributed by atoms with van der Waals surface area (Å²) in [5.74, 6) is 0.986. The Morgan fingerprint density at radius 3 is 2.92 bits per heavy atom. The number of aryl methyl sites for hydroxylation is 1. The van der Waals surface area contributed by atoms with Crippen LogP contribution in [0.4, 0.5) is 0 Å². The summed E-state index contributed by atoms with van der Waals surface area (Å²) in [6.07, 6.45) is 10.2. The molecule has 0 aliphatic heterocycles. The third-order valence-electron chi connectivity index (χ3n) is 2.68. The molecule has 2 nitrogen and oxygen atoms in total. The average Bonchev–Trinajstić information content (AvgIpc) is 2.04. The van der Waals surface area contributed by atoms with E-state index in [1.807, 2.05) is 12.3 Å². The van der Waals surface area contributed by atoms with Crippen molar-refractivity contribution >= 4 is 0 Å². The van der Waals surface area contributed by atoms with Crippen LogP contribution in [-0.4, -0.2) is 9.97 Å². The van der Waals surface area contributed by atoms with Crippen LogP contribution in [0.1, 0.15) is 31.4 Å². The Bertz CT molecular complexity index is 229. The first-order valence-electron chi connectivity index (χ1n) is 4.70. The average molecular weight is 162 g/mol. The highest BCUT2D eigenvalue weighted by atomic mass is 14.8. The fraction of sp³-hybridized carbons (Fsp3) is 0.600. The van der Waals surface area contributed by atoms with E-state index in [9.17, 15) is 0 Å². The van der Waals surface area contributed by atoms with Gasteiger partial charge in [-0.15, -0.1) is 0 Å². The second-order valence-electron chi connectivity index (χ2n) is 3.54. The number of nitrogens with zero attached hydrogens (tertiary/aromatic N) is 2. The van der Waals surface area contributed by atoms with Crippen molar-refractivity contribution in [1.29, 1.82) is 0 Å². The van der Waals surface area contributed by atoms with Crippen LogP contribution in [0.15, 0.2) is 18.6 Å². The lowest BCUT2D eigenvalue weighted by atomic mass is 9.82. The van der Waals surface area contributed by atoms with Crippen LogP contribution in [-0.2, 0) is 6.42 Å². The van der Waals surface area contributed by atoms with Gasteiger partial charge >= 0.3 is 0 Å². The Kier molecular flexibility index (Phi) is 2.35. The normalized spacial score (nSPS) is 17.3. The number of hydrogen-bond acceptors (Lipinski definition) is 2. The molecule has 0 N–H and O–H groups in total. The third-order valence-corrected chi connectivity index (χ3v) is 2.68. The van der Waals surface area contributed by atoms with E-state index >= 15 is 0 Å². The molecular formula is C10H14N2. The molecule has 1 aromatic heterocycles. The van der Waals surface area contributed by atoms with E-state index in [1.54, 1.807) is 6.33 Å². The summed E-state index contributed by atoms with van der Waals surface area (Å²) in [6, 6.07) is 2.01. The van der Waals surface area contributed by atoms with E-state index in [0.29, 0.717) is 0 Å². The summed E-state index contributed by atoms with van der Waals surface area (Å²) in [5.41, 5.74) is 1.19. The Morgan fingerprint density at radius 1 is 1.42 bits per heavy atom. The van der Waals surface area contributed by atoms with E-state index < -0.39 is 0 Å². The Labute approximate surface area is 73.1 Å². The second-order valence-corrected chi connectivity index (χ2v) is 3.54. The van der Waals surface area contributed by atoms with Crippen LogP contribution in [0.2, 0.25) is 0 Å². The zero-order valence-corrected chi connectivity index (χ0v) is 7.24. The predicted molar refractivity (Wildman–Crippen MR) is 47.7 cm³/mol. The molecule has 1 aliphatic carbocycles. The topological polar surface area (TPSA) is 25.8 Å². The Balaban J connectivity index is 1.79. The lowest BCUT2D eigenvalue weighted by molar-refractivity contribution is 0.295. The van der Waals surface area contributed by atoms with Crippen LogP contribution in [0.5, 0.6) is 0 Å². The SMILES string of the molecule is c1cc(CCC2CCC2)ncn1. The van der Waals surface area contributed by atoms with Gasteiger partial charge in [0.15, 0.2) is 0 Å². The van der Waals surface area contributed by atoms with Gasteiger partial charge < -0.3 is 0 Å². The number of rotatable bonds is 3. The molecule has 0 atom stereocenters. The standard InChI is InChI=1S/C10H14N2/c1-2-9(3-1)4-5-10-6-7-11-8-12-10/h6-9H,1-5H2. The zero-order chi connectivity index (χ0) is 8.23. The minimum absolute atomic E-state index is 0.986. The third kappa shape index (κ3) is 1.81. The van der Waals surface area contributed by atoms with Gasteiger partial charge in [-0.1, -0.05) is 19.3 Å². The summed E-state index contributed by atoms with van der Waals surface area (Å²) in [7, 11) is 0. The van der Waals surface area contributed by atoms with Gasteiger partial charge in [0.05, 0.1) is 0 Å². The molecular weight excluding hydrogens is 148 g/mol. The van der Waals surface area contributed by atoms with Crippen molar-refractivity contribution in [2.45, 2.75) is 32.1 Å². The minimum atomic E-state index is 0.986. The Morgan fingerprint density at radius 2 is 2.33 bits per heavy atom. The quantitative estimate of drug-likeness (QED) is 0.681. The lowest BCUT2D eigenvalue weighted by Crippen LogP contribution is -2.11. The highest BCUT2D eigenvalue weighted by Crippen LogP contribution is 2.30. The second kappa shape index (κ2) is 3.65. The first-order valence-corrected chi connectivity index (χ1v) is 4.70. The van der Waals surface area contributed by atoms with E-state index in [1.165, 1.54) is 31.4 Å². The molecule has 0 spiro atoms. The van der Waals surface area contributed by atoms with Gasteiger partial charge in [-0.2, -0.15) is 0 Å². The first-order chi connectivity index (χ1) is 5.95. The van der Waals surface area contributed by atoms with E-state index in [0.717, 1.165) is 12.3 Å². The molecule has 2 heteroatoms. The number of hydrogen-bond donors (Lipinski definition) is 0. The van der Waals surface area contributed by atoms with Crippen molar-refractivity contribution in [3.05, 3.63) is 24.3 Å². The van der Waals surface area contributed by atoms with Crippen molar-refractivity contribution in [2.24, 2.45) is 5.92 Å². The van der Waals surface area contributed by atoms with Crippen LogP contribution in [0.25, 0.3) is 0 Å². The summed E-state index contributed by atoms with van der Waals surface area (Å²) in [4.78, 5) is 8.09. The van der Waals surface area contributed by atoms with Crippen molar-refractivity contribution < 1.29 is 0 Å². The predicted octanol–water partition coefficient (Wildman–Crippen LogP) is 2.21. The van der Waals surface area contributed by atoms with Crippen LogP contribution < -0.4 is 0 Å². The van der Waals surface area contributed by atoms with Crippen molar-refractivity contribution in [2.75, 3.05) is 0 Å². The van der Waals surface area contributed by atoms with Crippen LogP contribution >= 0.6 is 0 Å². The van der Waals surface area contributed by atoms with E-state index in [4.69, 9.17) is 0 Å². The zero-order valence-electron chi connectivity index (χ0n) is 7.24. The van der Waals surface area contributed by atoms with Gasteiger partial charge in [0.25, 0.3) is 0 Å². The maximum atomic E-state index is 4.20. The molecule has 0 unspecified atom stereocenters. The molecule has 0 amide bonds. The van der Waals surface area contributed by atoms with Gasteiger partial charge in [0, 0.05) is 11.9 Å². The van der Waals surface area contributed by atoms with Gasteiger partial charge in [-0.25, -0.2) is 9.97 Å². The monoisotopic (exact) mass is 162 g/mol. The van der Waals surface area contributed by atoms with E-state index in [2.05, 4.69) is 9.97 Å². The molecule has 1 aromatic rings. The summed E-state index contributed by atoms with van der Waals surface area (Å²) in [6.45, 7) is 0. The van der Waals surface area contributed by atoms with Gasteiger partial charge in [0.1, 0.15) is 6.33 Å². The largest absolute Gasteiger partial charge is 0.245 e. The lowest BCUT2D eigenvalue weighted by Gasteiger charge is -2.24. The summed E-state index contributed by atoms with van der Waals surface area (Å²) >= 11 is 0. The molecule has 64 valence electrons. The minimum Gasteiger partial charge on any atom is -0.245 e. The van der Waals surface area contributed by atoms with Crippen molar-refractivity contribution in [3.63, 3.8) is 0 Å². The molecule has 0 saturated heterocycles. The van der Waals surface area contributed by atoms with E-state index in [-0.39, 0.29) is 0 Å². The first kappa shape index (κ1) is 7.71. The smallest absolute Gasteiger partial charge is 0.115 e. The molecule has 1 heterocycles. The molecule has 2 rings (SSSR count). The molecule has 1 aliphatic rings. The fourth-order valence-electron chi connectivity index (χ4n) is 1.60. The molecule has 1 fully saturated rings. The highest BCUT2D eigenvalue weighted by molar-refractivity contribution is 4.98. The highest BCUT2D eigenvalue weighted by Gasteiger charge is 2.16. The molecule has 0 aromatic carbocycles. The van der Waals surface area contributed by atoms with Crippen molar-refractivity contribution in [3.8, 4) is 0 Å². The van der Waals surface area contributed by atoms with Crippen LogP contribution in [0.3, 0.4) is 0 Å². The molecule has 0 radical (unpaired) electrons. The molecule has 1 saturated carbocycles. The molecule has 0 bridgehead atoms. The maximum Gasteiger partial charge on any atom is 0.115 e. The summed E-state index contributed by atoms with van der Waals surface area (Å²) < 4.78 is 0. The Hall–Kier alpha value is -0.920. The molecule has 12 heavy (non-hydrogen) atoms. The van der Waals surface area contributed by atoms with Crippen molar-refractivity contribution in [1.82, 2.24) is 9.97 Å². The van der Waals surface area contributed by atoms with Gasteiger partial charge in [0.2, 0.25) is 0 Å². The maximum absolute atomic E-state index is 4.20. The van der Waals surface area contributed by atoms with Crippen LogP contribution in [0, 0.1) is 5.92 Å². The van der Waals surface area contributed by atoms with Gasteiger partial charge in [-0.3, -0.25) is 0 Å². The van der Waals surface area contributed by atoms with Gasteiger partial charge in [-0.05, 0) is 24.8 Å². The summed E-state index contributed by atoms with van der Waals surface area (Å²) in [5, 5.41) is 0. The number of aromatic nitrogens is 2. The fourth-order valence-corrected chi connectivity index (χ4v) is 1.60.